The molecule has 0 amide bonds. The minimum atomic E-state index is 0.128. The predicted octanol–water partition coefficient (Wildman–Crippen LogP) is 4.16. The maximum Gasteiger partial charge on any atom is 0.111 e. The van der Waals surface area contributed by atoms with Crippen LogP contribution in [0, 0.1) is 0 Å². The molecule has 0 fully saturated rings. The highest BCUT2D eigenvalue weighted by molar-refractivity contribution is 4.80. The zero-order chi connectivity index (χ0) is 19.8. The van der Waals surface area contributed by atoms with Gasteiger partial charge >= 0.3 is 0 Å². The second-order valence-corrected chi connectivity index (χ2v) is 8.85. The van der Waals surface area contributed by atoms with Gasteiger partial charge in [0.2, 0.25) is 0 Å². The summed E-state index contributed by atoms with van der Waals surface area (Å²) >= 11 is 0. The number of ether oxygens (including phenoxy) is 1. The Labute approximate surface area is 167 Å². The molecule has 27 heavy (non-hydrogen) atoms. The van der Waals surface area contributed by atoms with Gasteiger partial charge in [-0.05, 0) is 6.42 Å². The van der Waals surface area contributed by atoms with E-state index in [0.717, 1.165) is 24.1 Å². The average molecular weight is 382 g/mol. The van der Waals surface area contributed by atoms with Crippen molar-refractivity contribution in [2.24, 2.45) is 0 Å². The van der Waals surface area contributed by atoms with Gasteiger partial charge in [0.15, 0.2) is 0 Å². The molecule has 6 nitrogen and oxygen atoms in total. The van der Waals surface area contributed by atoms with Gasteiger partial charge in [0.05, 0.1) is 21.1 Å². The Bertz CT molecular complexity index is 430. The molecule has 0 saturated heterocycles. The van der Waals surface area contributed by atoms with Crippen molar-refractivity contribution in [1.82, 2.24) is 20.6 Å². The summed E-state index contributed by atoms with van der Waals surface area (Å²) in [6, 6.07) is 0. The SMILES string of the molecule is CCCCCCCCCCCCCCOC(Cc1nnn[n-]1)C[N+](C)(C)C. The lowest BCUT2D eigenvalue weighted by atomic mass is 10.1. The number of hydrogen-bond donors (Lipinski definition) is 0. The van der Waals surface area contributed by atoms with E-state index in [9.17, 15) is 0 Å². The van der Waals surface area contributed by atoms with Gasteiger partial charge in [0.1, 0.15) is 12.6 Å². The Morgan fingerprint density at radius 3 is 1.89 bits per heavy atom. The summed E-state index contributed by atoms with van der Waals surface area (Å²) in [5, 5.41) is 15.0. The van der Waals surface area contributed by atoms with Crippen LogP contribution in [-0.2, 0) is 11.2 Å². The van der Waals surface area contributed by atoms with Gasteiger partial charge in [-0.3, -0.25) is 10.3 Å². The summed E-state index contributed by atoms with van der Waals surface area (Å²) in [5.74, 6) is 0.683. The summed E-state index contributed by atoms with van der Waals surface area (Å²) in [7, 11) is 6.55. The van der Waals surface area contributed by atoms with E-state index in [-0.39, 0.29) is 6.10 Å². The predicted molar refractivity (Wildman–Crippen MR) is 111 cm³/mol. The number of rotatable bonds is 18. The first kappa shape index (κ1) is 24.0. The molecular formula is C21H43N5O. The molecule has 1 aromatic heterocycles. The number of tetrazole rings is 1. The summed E-state index contributed by atoms with van der Waals surface area (Å²) in [5.41, 5.74) is 0. The van der Waals surface area contributed by atoms with Crippen LogP contribution in [0.2, 0.25) is 0 Å². The third kappa shape index (κ3) is 14.7. The van der Waals surface area contributed by atoms with E-state index in [1.165, 1.54) is 70.6 Å². The molecule has 158 valence electrons. The van der Waals surface area contributed by atoms with Crippen molar-refractivity contribution in [3.8, 4) is 0 Å². The van der Waals surface area contributed by atoms with E-state index in [2.05, 4.69) is 48.7 Å². The Balaban J connectivity index is 2.00. The highest BCUT2D eigenvalue weighted by atomic mass is 16.5. The fourth-order valence-electron chi connectivity index (χ4n) is 3.43. The van der Waals surface area contributed by atoms with E-state index >= 15 is 0 Å². The van der Waals surface area contributed by atoms with E-state index in [4.69, 9.17) is 4.74 Å². The molecule has 0 aromatic carbocycles. The topological polar surface area (TPSA) is 62.0 Å². The maximum atomic E-state index is 6.13. The monoisotopic (exact) mass is 381 g/mol. The van der Waals surface area contributed by atoms with Crippen molar-refractivity contribution in [2.75, 3.05) is 34.3 Å². The van der Waals surface area contributed by atoms with Gasteiger partial charge in [-0.1, -0.05) is 77.6 Å². The lowest BCUT2D eigenvalue weighted by molar-refractivity contribution is -0.873. The summed E-state index contributed by atoms with van der Waals surface area (Å²) in [4.78, 5) is 0. The van der Waals surface area contributed by atoms with Gasteiger partial charge in [-0.2, -0.15) is 5.21 Å². The van der Waals surface area contributed by atoms with E-state index in [1.807, 2.05) is 0 Å². The second kappa shape index (κ2) is 15.0. The smallest absolute Gasteiger partial charge is 0.111 e. The first-order chi connectivity index (χ1) is 13.0. The molecular weight excluding hydrogens is 338 g/mol. The van der Waals surface area contributed by atoms with Crippen LogP contribution in [0.3, 0.4) is 0 Å². The van der Waals surface area contributed by atoms with Crippen molar-refractivity contribution in [2.45, 2.75) is 96.5 Å². The van der Waals surface area contributed by atoms with Gasteiger partial charge in [0.25, 0.3) is 0 Å². The second-order valence-electron chi connectivity index (χ2n) is 8.85. The molecule has 0 spiro atoms. The van der Waals surface area contributed by atoms with Crippen LogP contribution in [0.25, 0.3) is 0 Å². The summed E-state index contributed by atoms with van der Waals surface area (Å²) in [6.45, 7) is 4.04. The normalized spacial score (nSPS) is 13.2. The molecule has 1 rings (SSSR count). The zero-order valence-corrected chi connectivity index (χ0v) is 18.3. The Kier molecular flexibility index (Phi) is 13.3. The molecule has 1 atom stereocenters. The average Bonchev–Trinajstić information content (AvgIpc) is 3.10. The molecule has 0 bridgehead atoms. The van der Waals surface area contributed by atoms with Crippen LogP contribution in [-0.4, -0.2) is 60.4 Å². The molecule has 1 heterocycles. The maximum absolute atomic E-state index is 6.13. The van der Waals surface area contributed by atoms with Crippen LogP contribution in [0.1, 0.15) is 89.8 Å². The molecule has 1 aromatic rings. The van der Waals surface area contributed by atoms with Crippen LogP contribution < -0.4 is 5.10 Å². The van der Waals surface area contributed by atoms with Crippen molar-refractivity contribution >= 4 is 0 Å². The minimum Gasteiger partial charge on any atom is -0.372 e. The van der Waals surface area contributed by atoms with Gasteiger partial charge < -0.3 is 14.3 Å². The molecule has 0 N–H and O–H groups in total. The van der Waals surface area contributed by atoms with Crippen molar-refractivity contribution in [3.63, 3.8) is 0 Å². The Morgan fingerprint density at radius 2 is 1.41 bits per heavy atom. The van der Waals surface area contributed by atoms with Crippen molar-refractivity contribution in [1.29, 1.82) is 0 Å². The third-order valence-corrected chi connectivity index (χ3v) is 4.87. The van der Waals surface area contributed by atoms with Gasteiger partial charge in [-0.25, -0.2) is 0 Å². The highest BCUT2D eigenvalue weighted by Crippen LogP contribution is 2.12. The quantitative estimate of drug-likeness (QED) is 0.282. The molecule has 0 radical (unpaired) electrons. The molecule has 1 unspecified atom stereocenters. The largest absolute Gasteiger partial charge is 0.372 e. The first-order valence-corrected chi connectivity index (χ1v) is 11.1. The number of likely N-dealkylation sites (N-methyl/N-ethyl adjacent to an activating group) is 1. The van der Waals surface area contributed by atoms with Crippen LogP contribution >= 0.6 is 0 Å². The molecule has 0 aliphatic heterocycles. The third-order valence-electron chi connectivity index (χ3n) is 4.87. The molecule has 0 aliphatic rings. The lowest BCUT2D eigenvalue weighted by Gasteiger charge is -2.29. The number of aromatic nitrogens is 4. The Morgan fingerprint density at radius 1 is 0.852 bits per heavy atom. The minimum absolute atomic E-state index is 0.128. The fourth-order valence-corrected chi connectivity index (χ4v) is 3.43. The van der Waals surface area contributed by atoms with Crippen molar-refractivity contribution < 1.29 is 9.22 Å². The van der Waals surface area contributed by atoms with E-state index in [1.54, 1.807) is 0 Å². The standard InChI is InChI=1S/C21H43N5O/c1-5-6-7-8-9-10-11-12-13-14-15-16-17-27-20(19-26(2,3)4)18-21-22-24-25-23-21/h20H,5-19H2,1-4H3. The van der Waals surface area contributed by atoms with Crippen LogP contribution in [0.15, 0.2) is 0 Å². The number of nitrogens with zero attached hydrogens (tertiary/aromatic N) is 5. The summed E-state index contributed by atoms with van der Waals surface area (Å²) < 4.78 is 7.00. The first-order valence-electron chi connectivity index (χ1n) is 11.1. The van der Waals surface area contributed by atoms with Crippen LogP contribution in [0.4, 0.5) is 0 Å². The van der Waals surface area contributed by atoms with Crippen molar-refractivity contribution in [3.05, 3.63) is 5.82 Å². The highest BCUT2D eigenvalue weighted by Gasteiger charge is 2.19. The zero-order valence-electron chi connectivity index (χ0n) is 18.3. The summed E-state index contributed by atoms with van der Waals surface area (Å²) in [6.07, 6.45) is 17.2. The fraction of sp³-hybridized carbons (Fsp3) is 0.952. The number of quaternary nitrogens is 1. The Hall–Kier alpha value is -1.01. The molecule has 6 heteroatoms. The van der Waals surface area contributed by atoms with Gasteiger partial charge in [0, 0.05) is 18.9 Å². The molecule has 0 saturated carbocycles. The van der Waals surface area contributed by atoms with E-state index in [0.29, 0.717) is 12.2 Å². The van der Waals surface area contributed by atoms with E-state index < -0.39 is 0 Å². The van der Waals surface area contributed by atoms with Crippen LogP contribution in [0.5, 0.6) is 0 Å². The lowest BCUT2D eigenvalue weighted by Crippen LogP contribution is -2.43. The molecule has 0 aliphatic carbocycles. The number of unbranched alkanes of at least 4 members (excludes halogenated alkanes) is 11. The van der Waals surface area contributed by atoms with Gasteiger partial charge in [-0.15, -0.1) is 0 Å². The number of hydrogen-bond acceptors (Lipinski definition) is 4.